The zero-order valence-electron chi connectivity index (χ0n) is 19.3. The number of thiocarbonyl (C=S) groups is 1. The van der Waals surface area contributed by atoms with Crippen LogP contribution in [0.3, 0.4) is 0 Å². The number of nitrogens with zero attached hydrogens (tertiary/aromatic N) is 2. The van der Waals surface area contributed by atoms with Gasteiger partial charge in [0.1, 0.15) is 16.3 Å². The maximum Gasteiger partial charge on any atom is 0.341 e. The molecule has 2 heterocycles. The number of carbonyl (C=O) groups excluding carboxylic acids is 1. The Morgan fingerprint density at radius 2 is 1.77 bits per heavy atom. The molecular weight excluding hydrogens is 504 g/mol. The van der Waals surface area contributed by atoms with E-state index in [4.69, 9.17) is 28.6 Å². The smallest absolute Gasteiger partial charge is 0.341 e. The van der Waals surface area contributed by atoms with Gasteiger partial charge in [-0.3, -0.25) is 9.48 Å². The predicted molar refractivity (Wildman–Crippen MR) is 146 cm³/mol. The molecule has 0 aliphatic carbocycles. The van der Waals surface area contributed by atoms with E-state index < -0.39 is 5.97 Å². The van der Waals surface area contributed by atoms with Gasteiger partial charge in [-0.25, -0.2) is 9.48 Å². The van der Waals surface area contributed by atoms with Crippen molar-refractivity contribution in [3.05, 3.63) is 86.6 Å². The first kappa shape index (κ1) is 24.7. The Labute approximate surface area is 216 Å². The second-order valence-electron chi connectivity index (χ2n) is 7.57. The SMILES string of the molecule is CCOC(=O)c1c(-c2ccccc2Cl)csc1NC(=S)Nc1c(C)n(C)n(-c2ccccc2)c1=O. The lowest BCUT2D eigenvalue weighted by atomic mass is 10.0. The van der Waals surface area contributed by atoms with Crippen LogP contribution in [0.5, 0.6) is 0 Å². The number of hydrogen-bond acceptors (Lipinski definition) is 5. The fraction of sp³-hybridized carbons (Fsp3) is 0.160. The Kier molecular flexibility index (Phi) is 7.39. The molecule has 0 bridgehead atoms. The summed E-state index contributed by atoms with van der Waals surface area (Å²) in [6, 6.07) is 16.6. The van der Waals surface area contributed by atoms with Crippen LogP contribution in [0.25, 0.3) is 16.8 Å². The molecule has 0 spiro atoms. The fourth-order valence-corrected chi connectivity index (χ4v) is 5.15. The van der Waals surface area contributed by atoms with Crippen molar-refractivity contribution in [1.29, 1.82) is 0 Å². The molecule has 2 aromatic carbocycles. The minimum absolute atomic E-state index is 0.175. The maximum atomic E-state index is 13.2. The molecule has 35 heavy (non-hydrogen) atoms. The van der Waals surface area contributed by atoms with Crippen molar-refractivity contribution in [3.8, 4) is 16.8 Å². The number of aromatic nitrogens is 2. The molecule has 0 saturated heterocycles. The van der Waals surface area contributed by atoms with Crippen molar-refractivity contribution in [2.75, 3.05) is 17.2 Å². The number of para-hydroxylation sites is 1. The lowest BCUT2D eigenvalue weighted by Gasteiger charge is -2.11. The Morgan fingerprint density at radius 1 is 1.09 bits per heavy atom. The minimum Gasteiger partial charge on any atom is -0.462 e. The summed E-state index contributed by atoms with van der Waals surface area (Å²) in [6.45, 7) is 3.80. The van der Waals surface area contributed by atoms with Crippen LogP contribution >= 0.6 is 35.2 Å². The molecule has 7 nitrogen and oxygen atoms in total. The van der Waals surface area contributed by atoms with Crippen molar-refractivity contribution in [2.45, 2.75) is 13.8 Å². The van der Waals surface area contributed by atoms with Crippen molar-refractivity contribution < 1.29 is 9.53 Å². The van der Waals surface area contributed by atoms with Gasteiger partial charge in [-0.15, -0.1) is 11.3 Å². The summed E-state index contributed by atoms with van der Waals surface area (Å²) in [5.74, 6) is -0.490. The highest BCUT2D eigenvalue weighted by atomic mass is 35.5. The van der Waals surface area contributed by atoms with E-state index in [1.54, 1.807) is 29.4 Å². The Bertz CT molecular complexity index is 1460. The second kappa shape index (κ2) is 10.5. The molecule has 0 aliphatic rings. The molecule has 10 heteroatoms. The molecule has 4 rings (SSSR count). The average Bonchev–Trinajstić information content (AvgIpc) is 3.34. The van der Waals surface area contributed by atoms with Gasteiger partial charge in [0.05, 0.1) is 18.0 Å². The zero-order valence-corrected chi connectivity index (χ0v) is 21.7. The van der Waals surface area contributed by atoms with E-state index in [9.17, 15) is 9.59 Å². The lowest BCUT2D eigenvalue weighted by molar-refractivity contribution is 0.0529. The monoisotopic (exact) mass is 526 g/mol. The van der Waals surface area contributed by atoms with E-state index >= 15 is 0 Å². The highest BCUT2D eigenvalue weighted by Gasteiger charge is 2.24. The number of rotatable bonds is 6. The molecule has 180 valence electrons. The molecule has 4 aromatic rings. The van der Waals surface area contributed by atoms with Crippen LogP contribution in [-0.2, 0) is 11.8 Å². The standard InChI is InChI=1S/C25H23ClN4O3S2/c1-4-33-24(32)20-18(17-12-8-9-13-19(17)26)14-35-22(20)28-25(34)27-21-15(2)29(3)30(23(21)31)16-10-6-5-7-11-16/h5-14H,4H2,1-3H3,(H2,27,28,34). The summed E-state index contributed by atoms with van der Waals surface area (Å²) in [4.78, 5) is 26.1. The van der Waals surface area contributed by atoms with Crippen LogP contribution in [0.1, 0.15) is 23.0 Å². The third-order valence-electron chi connectivity index (χ3n) is 5.45. The van der Waals surface area contributed by atoms with E-state index in [2.05, 4.69) is 10.6 Å². The number of carbonyl (C=O) groups is 1. The van der Waals surface area contributed by atoms with Gasteiger partial charge in [-0.1, -0.05) is 48.0 Å². The number of anilines is 2. The van der Waals surface area contributed by atoms with Crippen LogP contribution in [0.2, 0.25) is 5.02 Å². The highest BCUT2D eigenvalue weighted by molar-refractivity contribution is 7.80. The quantitative estimate of drug-likeness (QED) is 0.242. The molecule has 0 radical (unpaired) electrons. The topological polar surface area (TPSA) is 77.3 Å². The van der Waals surface area contributed by atoms with E-state index in [0.29, 0.717) is 38.1 Å². The largest absolute Gasteiger partial charge is 0.462 e. The lowest BCUT2D eigenvalue weighted by Crippen LogP contribution is -2.25. The second-order valence-corrected chi connectivity index (χ2v) is 9.26. The van der Waals surface area contributed by atoms with Gasteiger partial charge in [-0.2, -0.15) is 0 Å². The van der Waals surface area contributed by atoms with Gasteiger partial charge in [0.25, 0.3) is 5.56 Å². The molecule has 2 N–H and O–H groups in total. The molecule has 2 aromatic heterocycles. The summed E-state index contributed by atoms with van der Waals surface area (Å²) in [5, 5.41) is 9.09. The summed E-state index contributed by atoms with van der Waals surface area (Å²) < 4.78 is 8.62. The third-order valence-corrected chi connectivity index (χ3v) is 6.88. The van der Waals surface area contributed by atoms with Gasteiger partial charge in [0.2, 0.25) is 0 Å². The first-order valence-electron chi connectivity index (χ1n) is 10.8. The van der Waals surface area contributed by atoms with E-state index in [0.717, 1.165) is 5.69 Å². The molecule has 0 aliphatic heterocycles. The van der Waals surface area contributed by atoms with Gasteiger partial charge in [0.15, 0.2) is 5.11 Å². The normalized spacial score (nSPS) is 10.7. The number of nitrogens with one attached hydrogen (secondary N) is 2. The number of esters is 1. The fourth-order valence-electron chi connectivity index (χ4n) is 3.69. The Hall–Kier alpha value is -3.40. The summed E-state index contributed by atoms with van der Waals surface area (Å²) in [7, 11) is 1.80. The Morgan fingerprint density at radius 3 is 2.46 bits per heavy atom. The van der Waals surface area contributed by atoms with E-state index in [-0.39, 0.29) is 17.3 Å². The number of thiophene rings is 1. The molecule has 0 unspecified atom stereocenters. The Balaban J connectivity index is 1.66. The van der Waals surface area contributed by atoms with Crippen LogP contribution in [-0.4, -0.2) is 27.1 Å². The summed E-state index contributed by atoms with van der Waals surface area (Å²) in [6.07, 6.45) is 0. The van der Waals surface area contributed by atoms with Crippen LogP contribution in [0, 0.1) is 6.92 Å². The zero-order chi connectivity index (χ0) is 25.1. The van der Waals surface area contributed by atoms with Gasteiger partial charge >= 0.3 is 5.97 Å². The summed E-state index contributed by atoms with van der Waals surface area (Å²) in [5.41, 5.74) is 3.24. The maximum absolute atomic E-state index is 13.2. The molecule has 0 atom stereocenters. The first-order valence-corrected chi connectivity index (χ1v) is 12.5. The highest BCUT2D eigenvalue weighted by Crippen LogP contribution is 2.39. The first-order chi connectivity index (χ1) is 16.8. The molecular formula is C25H23ClN4O3S2. The summed E-state index contributed by atoms with van der Waals surface area (Å²) >= 11 is 13.2. The van der Waals surface area contributed by atoms with Gasteiger partial charge < -0.3 is 15.4 Å². The number of hydrogen-bond donors (Lipinski definition) is 2. The minimum atomic E-state index is -0.490. The molecule has 0 saturated carbocycles. The van der Waals surface area contributed by atoms with E-state index in [1.165, 1.54) is 11.3 Å². The molecule has 0 amide bonds. The predicted octanol–water partition coefficient (Wildman–Crippen LogP) is 5.85. The van der Waals surface area contributed by atoms with Crippen molar-refractivity contribution in [3.63, 3.8) is 0 Å². The van der Waals surface area contributed by atoms with Crippen molar-refractivity contribution in [1.82, 2.24) is 9.36 Å². The van der Waals surface area contributed by atoms with E-state index in [1.807, 2.05) is 60.8 Å². The van der Waals surface area contributed by atoms with Crippen LogP contribution < -0.4 is 16.2 Å². The van der Waals surface area contributed by atoms with Crippen molar-refractivity contribution >= 4 is 56.9 Å². The molecule has 0 fully saturated rings. The average molecular weight is 527 g/mol. The number of halogens is 1. The number of ether oxygens (including phenoxy) is 1. The van der Waals surface area contributed by atoms with Crippen LogP contribution in [0.15, 0.2) is 64.8 Å². The van der Waals surface area contributed by atoms with Gasteiger partial charge in [-0.05, 0) is 44.3 Å². The van der Waals surface area contributed by atoms with Crippen LogP contribution in [0.4, 0.5) is 10.7 Å². The van der Waals surface area contributed by atoms with Gasteiger partial charge in [0, 0.05) is 28.6 Å². The van der Waals surface area contributed by atoms with Crippen molar-refractivity contribution in [2.24, 2.45) is 7.05 Å². The number of benzene rings is 2. The third kappa shape index (κ3) is 4.88.